The van der Waals surface area contributed by atoms with Gasteiger partial charge < -0.3 is 19.3 Å². The summed E-state index contributed by atoms with van der Waals surface area (Å²) in [5.74, 6) is -1.05. The molecule has 0 saturated carbocycles. The van der Waals surface area contributed by atoms with Crippen LogP contribution >= 0.6 is 7.82 Å². The molecule has 0 aromatic rings. The van der Waals surface area contributed by atoms with Crippen LogP contribution in [0.3, 0.4) is 0 Å². The van der Waals surface area contributed by atoms with Crippen molar-refractivity contribution in [3.05, 3.63) is 122 Å². The third kappa shape index (κ3) is 37.3. The zero-order valence-electron chi connectivity index (χ0n) is 30.2. The molecule has 0 heterocycles. The Balaban J connectivity index is 4.22. The summed E-state index contributed by atoms with van der Waals surface area (Å²) in [6, 6.07) is 0. The molecule has 0 fully saturated rings. The van der Waals surface area contributed by atoms with Crippen molar-refractivity contribution in [2.45, 2.75) is 110 Å². The van der Waals surface area contributed by atoms with Crippen LogP contribution in [0.4, 0.5) is 0 Å². The lowest BCUT2D eigenvalue weighted by atomic mass is 10.1. The average molecular weight is 713 g/mol. The first kappa shape index (κ1) is 46.5. The molecule has 1 unspecified atom stereocenters. The number of unbranched alkanes of at least 4 members (excludes halogenated alkanes) is 3. The minimum atomic E-state index is -4.79. The molecule has 278 valence electrons. The summed E-state index contributed by atoms with van der Waals surface area (Å²) in [6.45, 7) is 3.29. The van der Waals surface area contributed by atoms with Crippen molar-refractivity contribution < 1.29 is 37.9 Å². The highest BCUT2D eigenvalue weighted by Gasteiger charge is 2.22. The van der Waals surface area contributed by atoms with Crippen LogP contribution in [-0.2, 0) is 28.2 Å². The van der Waals surface area contributed by atoms with Crippen LogP contribution in [0.1, 0.15) is 104 Å². The Labute approximate surface area is 301 Å². The molecule has 0 spiro atoms. The van der Waals surface area contributed by atoms with Gasteiger partial charge in [0.2, 0.25) is 0 Å². The third-order valence-electron chi connectivity index (χ3n) is 6.58. The fourth-order valence-corrected chi connectivity index (χ4v) is 4.35. The van der Waals surface area contributed by atoms with E-state index in [0.717, 1.165) is 64.2 Å². The summed E-state index contributed by atoms with van der Waals surface area (Å²) >= 11 is 0. The van der Waals surface area contributed by atoms with E-state index in [-0.39, 0.29) is 19.4 Å². The predicted molar refractivity (Wildman–Crippen MR) is 206 cm³/mol. The number of phosphoric acid groups is 1. The number of ether oxygens (including phenoxy) is 2. The molecule has 0 aliphatic rings. The van der Waals surface area contributed by atoms with Gasteiger partial charge in [0.1, 0.15) is 6.61 Å². The molecule has 9 heteroatoms. The van der Waals surface area contributed by atoms with Gasteiger partial charge in [-0.3, -0.25) is 14.1 Å². The fourth-order valence-electron chi connectivity index (χ4n) is 3.99. The first-order valence-corrected chi connectivity index (χ1v) is 19.4. The number of rotatable bonds is 30. The molecule has 0 aromatic carbocycles. The summed E-state index contributed by atoms with van der Waals surface area (Å²) in [5.41, 5.74) is 0. The maximum Gasteiger partial charge on any atom is 0.469 e. The van der Waals surface area contributed by atoms with Gasteiger partial charge in [-0.1, -0.05) is 142 Å². The lowest BCUT2D eigenvalue weighted by Crippen LogP contribution is -2.29. The molecule has 0 rings (SSSR count). The van der Waals surface area contributed by atoms with Gasteiger partial charge in [0.25, 0.3) is 0 Å². The predicted octanol–water partition coefficient (Wildman–Crippen LogP) is 10.6. The van der Waals surface area contributed by atoms with Crippen molar-refractivity contribution in [3.63, 3.8) is 0 Å². The van der Waals surface area contributed by atoms with Crippen LogP contribution in [0.25, 0.3) is 0 Å². The second-order valence-electron chi connectivity index (χ2n) is 11.2. The van der Waals surface area contributed by atoms with Gasteiger partial charge >= 0.3 is 19.8 Å². The average Bonchev–Trinajstić information content (AvgIpc) is 3.08. The SMILES string of the molecule is CC/C=C/C=C/C=C/C=C/CCCCCC(=O)OC(COC(=O)CC/C=C/C/C=C/C/C=C/C/C=C/C/C=C/C/C=C/CC)COP(=O)(O)O. The normalized spacial score (nSPS) is 13.9. The molecule has 2 N–H and O–H groups in total. The Hall–Kier alpha value is -3.55. The zero-order chi connectivity index (χ0) is 36.8. The number of esters is 2. The van der Waals surface area contributed by atoms with E-state index in [1.807, 2.05) is 48.6 Å². The summed E-state index contributed by atoms with van der Waals surface area (Å²) in [7, 11) is -4.79. The van der Waals surface area contributed by atoms with E-state index in [1.165, 1.54) is 0 Å². The summed E-state index contributed by atoms with van der Waals surface area (Å²) in [4.78, 5) is 42.6. The number of hydrogen-bond donors (Lipinski definition) is 2. The van der Waals surface area contributed by atoms with Crippen molar-refractivity contribution in [2.24, 2.45) is 0 Å². The van der Waals surface area contributed by atoms with Crippen molar-refractivity contribution in [1.29, 1.82) is 0 Å². The lowest BCUT2D eigenvalue weighted by Gasteiger charge is -2.18. The molecule has 50 heavy (non-hydrogen) atoms. The van der Waals surface area contributed by atoms with Crippen molar-refractivity contribution >= 4 is 19.8 Å². The molecule has 0 radical (unpaired) electrons. The van der Waals surface area contributed by atoms with E-state index in [2.05, 4.69) is 91.3 Å². The van der Waals surface area contributed by atoms with Crippen LogP contribution in [0.5, 0.6) is 0 Å². The molecule has 8 nitrogen and oxygen atoms in total. The highest BCUT2D eigenvalue weighted by molar-refractivity contribution is 7.46. The maximum atomic E-state index is 12.3. The number of hydrogen-bond acceptors (Lipinski definition) is 6. The molecule has 0 amide bonds. The van der Waals surface area contributed by atoms with Gasteiger partial charge in [0.05, 0.1) is 6.61 Å². The van der Waals surface area contributed by atoms with E-state index in [1.54, 1.807) is 0 Å². The van der Waals surface area contributed by atoms with Gasteiger partial charge in [-0.25, -0.2) is 4.57 Å². The van der Waals surface area contributed by atoms with Crippen LogP contribution in [-0.4, -0.2) is 41.0 Å². The van der Waals surface area contributed by atoms with Crippen LogP contribution < -0.4 is 0 Å². The fraction of sp³-hybridized carbons (Fsp3) is 0.463. The summed E-state index contributed by atoms with van der Waals surface area (Å²) < 4.78 is 26.1. The zero-order valence-corrected chi connectivity index (χ0v) is 31.1. The first-order valence-electron chi connectivity index (χ1n) is 17.9. The Morgan fingerprint density at radius 2 is 1.04 bits per heavy atom. The van der Waals surface area contributed by atoms with Gasteiger partial charge in [0, 0.05) is 12.8 Å². The van der Waals surface area contributed by atoms with E-state index in [9.17, 15) is 14.2 Å². The van der Waals surface area contributed by atoms with Crippen LogP contribution in [0, 0.1) is 0 Å². The van der Waals surface area contributed by atoms with Gasteiger partial charge in [-0.2, -0.15) is 0 Å². The molecule has 0 aliphatic heterocycles. The van der Waals surface area contributed by atoms with Crippen LogP contribution in [0.2, 0.25) is 0 Å². The Morgan fingerprint density at radius 3 is 1.58 bits per heavy atom. The smallest absolute Gasteiger partial charge is 0.462 e. The molecule has 1 atom stereocenters. The lowest BCUT2D eigenvalue weighted by molar-refractivity contribution is -0.161. The van der Waals surface area contributed by atoms with E-state index >= 15 is 0 Å². The molecule has 0 aliphatic carbocycles. The second-order valence-corrected chi connectivity index (χ2v) is 12.4. The minimum absolute atomic E-state index is 0.124. The highest BCUT2D eigenvalue weighted by Crippen LogP contribution is 2.35. The van der Waals surface area contributed by atoms with Gasteiger partial charge in [-0.15, -0.1) is 0 Å². The third-order valence-corrected chi connectivity index (χ3v) is 7.07. The number of phosphoric ester groups is 1. The topological polar surface area (TPSA) is 119 Å². The molecule has 0 saturated heterocycles. The molecule has 0 bridgehead atoms. The number of carbonyl (C=O) groups is 2. The molecular weight excluding hydrogens is 651 g/mol. The van der Waals surface area contributed by atoms with Gasteiger partial charge in [0.15, 0.2) is 6.10 Å². The summed E-state index contributed by atoms with van der Waals surface area (Å²) in [5, 5.41) is 0. The van der Waals surface area contributed by atoms with Crippen molar-refractivity contribution in [1.82, 2.24) is 0 Å². The Morgan fingerprint density at radius 1 is 0.540 bits per heavy atom. The van der Waals surface area contributed by atoms with E-state index in [4.69, 9.17) is 19.3 Å². The van der Waals surface area contributed by atoms with E-state index in [0.29, 0.717) is 12.8 Å². The minimum Gasteiger partial charge on any atom is -0.462 e. The number of carbonyl (C=O) groups excluding carboxylic acids is 2. The monoisotopic (exact) mass is 712 g/mol. The Kier molecular flexibility index (Phi) is 32.8. The molecular formula is C41H61O8P. The van der Waals surface area contributed by atoms with Gasteiger partial charge in [-0.05, 0) is 70.6 Å². The standard InChI is InChI=1S/C41H61O8P/c1-3-5-7-9-11-13-15-17-18-19-20-21-22-24-25-27-29-31-33-35-40(42)47-37-39(38-48-50(44,45)46)49-41(43)36-34-32-30-28-26-23-16-14-12-10-8-6-4-2/h5-8,10-14,16-18,20-21,23-26,29,31,39H,3-4,9,15,19,22,27-28,30,32-38H2,1-2H3,(H2,44,45,46)/b7-5+,8-6+,12-10+,13-11+,16-14+,18-17+,21-20+,25-24+,26-23+,31-29+. The largest absolute Gasteiger partial charge is 0.469 e. The highest BCUT2D eigenvalue weighted by atomic mass is 31.2. The first-order chi connectivity index (χ1) is 24.3. The molecule has 0 aromatic heterocycles. The maximum absolute atomic E-state index is 12.3. The quantitative estimate of drug-likeness (QED) is 0.0248. The second kappa shape index (κ2) is 35.3. The summed E-state index contributed by atoms with van der Waals surface area (Å²) in [6.07, 6.45) is 50.8. The number of allylic oxidation sites excluding steroid dienone is 20. The van der Waals surface area contributed by atoms with Crippen molar-refractivity contribution in [3.8, 4) is 0 Å². The van der Waals surface area contributed by atoms with Crippen molar-refractivity contribution in [2.75, 3.05) is 13.2 Å². The van der Waals surface area contributed by atoms with Crippen LogP contribution in [0.15, 0.2) is 122 Å². The Bertz CT molecular complexity index is 1210. The van der Waals surface area contributed by atoms with E-state index < -0.39 is 32.5 Å².